The molecule has 2 rings (SSSR count). The molecule has 0 N–H and O–H groups in total. The van der Waals surface area contributed by atoms with E-state index in [4.69, 9.17) is 16.0 Å². The predicted octanol–water partition coefficient (Wildman–Crippen LogP) is 6.51. The van der Waals surface area contributed by atoms with E-state index in [1.54, 1.807) is 11.3 Å². The summed E-state index contributed by atoms with van der Waals surface area (Å²) in [5.74, 6) is 0. The van der Waals surface area contributed by atoms with Crippen molar-refractivity contribution in [2.24, 2.45) is 0 Å². The first kappa shape index (κ1) is 17.7. The molecular formula is C18H25ClOSSi. The van der Waals surface area contributed by atoms with Crippen LogP contribution in [0.5, 0.6) is 0 Å². The molecule has 0 saturated carbocycles. The Balaban J connectivity index is 2.07. The third-order valence-electron chi connectivity index (χ3n) is 4.49. The number of hydrogen-bond acceptors (Lipinski definition) is 2. The zero-order valence-corrected chi connectivity index (χ0v) is 16.6. The van der Waals surface area contributed by atoms with Crippen LogP contribution in [0.2, 0.25) is 23.2 Å². The van der Waals surface area contributed by atoms with Crippen molar-refractivity contribution >= 4 is 31.3 Å². The lowest BCUT2D eigenvalue weighted by Gasteiger charge is -2.36. The average Bonchev–Trinajstić information content (AvgIpc) is 2.82. The van der Waals surface area contributed by atoms with Gasteiger partial charge < -0.3 is 4.43 Å². The lowest BCUT2D eigenvalue weighted by atomic mass is 10.1. The molecule has 4 heteroatoms. The SMILES string of the molecule is CC(C)(C)[Si](C)(C)OCc1ccsc1Cc1cccc(Cl)c1. The Labute approximate surface area is 144 Å². The van der Waals surface area contributed by atoms with Gasteiger partial charge in [0.1, 0.15) is 0 Å². The van der Waals surface area contributed by atoms with Crippen molar-refractivity contribution in [2.45, 2.75) is 51.9 Å². The lowest BCUT2D eigenvalue weighted by Crippen LogP contribution is -2.40. The van der Waals surface area contributed by atoms with E-state index in [9.17, 15) is 0 Å². The second kappa shape index (κ2) is 6.87. The zero-order valence-electron chi connectivity index (χ0n) is 14.1. The fraction of sp³-hybridized carbons (Fsp3) is 0.444. The summed E-state index contributed by atoms with van der Waals surface area (Å²) in [6, 6.07) is 10.3. The standard InChI is InChI=1S/C18H25ClOSSi/c1-18(2,3)22(4,5)20-13-15-9-10-21-17(15)12-14-7-6-8-16(19)11-14/h6-11H,12-13H2,1-5H3. The van der Waals surface area contributed by atoms with E-state index < -0.39 is 8.32 Å². The summed E-state index contributed by atoms with van der Waals surface area (Å²) in [5.41, 5.74) is 2.57. The molecule has 0 radical (unpaired) electrons. The molecule has 0 atom stereocenters. The van der Waals surface area contributed by atoms with E-state index in [1.807, 2.05) is 18.2 Å². The second-order valence-corrected chi connectivity index (χ2v) is 13.5. The molecule has 0 spiro atoms. The molecule has 2 aromatic rings. The summed E-state index contributed by atoms with van der Waals surface area (Å²) >= 11 is 7.88. The zero-order chi connectivity index (χ0) is 16.4. The fourth-order valence-corrected chi connectivity index (χ4v) is 4.04. The van der Waals surface area contributed by atoms with Gasteiger partial charge >= 0.3 is 0 Å². The largest absolute Gasteiger partial charge is 0.413 e. The van der Waals surface area contributed by atoms with Gasteiger partial charge in [-0.3, -0.25) is 0 Å². The summed E-state index contributed by atoms with van der Waals surface area (Å²) in [4.78, 5) is 1.38. The number of hydrogen-bond donors (Lipinski definition) is 0. The summed E-state index contributed by atoms with van der Waals surface area (Å²) in [6.07, 6.45) is 0.925. The first-order chi connectivity index (χ1) is 10.2. The first-order valence-electron chi connectivity index (χ1n) is 7.63. The minimum absolute atomic E-state index is 0.246. The lowest BCUT2D eigenvalue weighted by molar-refractivity contribution is 0.276. The van der Waals surface area contributed by atoms with Crippen molar-refractivity contribution in [1.29, 1.82) is 0 Å². The van der Waals surface area contributed by atoms with Crippen molar-refractivity contribution in [2.75, 3.05) is 0 Å². The molecule has 1 heterocycles. The van der Waals surface area contributed by atoms with Crippen LogP contribution in [0.15, 0.2) is 35.7 Å². The molecule has 1 aromatic carbocycles. The van der Waals surface area contributed by atoms with Gasteiger partial charge in [-0.25, -0.2) is 0 Å². The molecule has 1 nitrogen and oxygen atoms in total. The maximum atomic E-state index is 6.36. The smallest absolute Gasteiger partial charge is 0.192 e. The third-order valence-corrected chi connectivity index (χ3v) is 10.2. The number of halogens is 1. The molecule has 0 saturated heterocycles. The molecule has 0 aliphatic heterocycles. The quantitative estimate of drug-likeness (QED) is 0.557. The topological polar surface area (TPSA) is 9.23 Å². The number of thiophene rings is 1. The van der Waals surface area contributed by atoms with Crippen LogP contribution in [-0.4, -0.2) is 8.32 Å². The van der Waals surface area contributed by atoms with Gasteiger partial charge in [-0.2, -0.15) is 0 Å². The van der Waals surface area contributed by atoms with Crippen LogP contribution >= 0.6 is 22.9 Å². The van der Waals surface area contributed by atoms with Crippen molar-refractivity contribution in [3.8, 4) is 0 Å². The van der Waals surface area contributed by atoms with E-state index in [0.717, 1.165) is 18.1 Å². The van der Waals surface area contributed by atoms with Crippen LogP contribution in [0.3, 0.4) is 0 Å². The average molecular weight is 353 g/mol. The van der Waals surface area contributed by atoms with E-state index in [1.165, 1.54) is 16.0 Å². The Morgan fingerprint density at radius 1 is 1.18 bits per heavy atom. The first-order valence-corrected chi connectivity index (χ1v) is 11.8. The molecule has 22 heavy (non-hydrogen) atoms. The highest BCUT2D eigenvalue weighted by atomic mass is 35.5. The molecule has 0 unspecified atom stereocenters. The van der Waals surface area contributed by atoms with Crippen LogP contribution in [0, 0.1) is 0 Å². The van der Waals surface area contributed by atoms with Crippen molar-refractivity contribution in [3.05, 3.63) is 56.7 Å². The van der Waals surface area contributed by atoms with Crippen molar-refractivity contribution < 1.29 is 4.43 Å². The number of benzene rings is 1. The molecule has 0 aliphatic carbocycles. The van der Waals surface area contributed by atoms with Crippen molar-refractivity contribution in [1.82, 2.24) is 0 Å². The predicted molar refractivity (Wildman–Crippen MR) is 101 cm³/mol. The maximum absolute atomic E-state index is 6.36. The van der Waals surface area contributed by atoms with Gasteiger partial charge in [-0.1, -0.05) is 44.5 Å². The highest BCUT2D eigenvalue weighted by molar-refractivity contribution is 7.10. The van der Waals surface area contributed by atoms with Gasteiger partial charge in [0.05, 0.1) is 6.61 Å². The summed E-state index contributed by atoms with van der Waals surface area (Å²) < 4.78 is 6.36. The van der Waals surface area contributed by atoms with E-state index >= 15 is 0 Å². The monoisotopic (exact) mass is 352 g/mol. The van der Waals surface area contributed by atoms with Crippen LogP contribution in [0.4, 0.5) is 0 Å². The van der Waals surface area contributed by atoms with E-state index in [0.29, 0.717) is 0 Å². The summed E-state index contributed by atoms with van der Waals surface area (Å²) in [7, 11) is -1.70. The fourth-order valence-electron chi connectivity index (χ4n) is 1.96. The van der Waals surface area contributed by atoms with Gasteiger partial charge in [-0.15, -0.1) is 11.3 Å². The Morgan fingerprint density at radius 3 is 2.55 bits per heavy atom. The summed E-state index contributed by atoms with van der Waals surface area (Å²) in [5, 5.41) is 3.20. The molecule has 0 aliphatic rings. The normalized spacial score (nSPS) is 12.6. The summed E-state index contributed by atoms with van der Waals surface area (Å²) in [6.45, 7) is 12.2. The Kier molecular flexibility index (Phi) is 5.54. The molecule has 0 bridgehead atoms. The van der Waals surface area contributed by atoms with Gasteiger partial charge in [0.15, 0.2) is 8.32 Å². The van der Waals surface area contributed by atoms with E-state index in [2.05, 4.69) is 51.4 Å². The third kappa shape index (κ3) is 4.45. The molecule has 1 aromatic heterocycles. The Bertz CT molecular complexity index is 628. The maximum Gasteiger partial charge on any atom is 0.192 e. The Hall–Kier alpha value is -0.613. The van der Waals surface area contributed by atoms with Crippen LogP contribution in [0.25, 0.3) is 0 Å². The van der Waals surface area contributed by atoms with Gasteiger partial charge in [0.2, 0.25) is 0 Å². The molecule has 0 fully saturated rings. The minimum atomic E-state index is -1.70. The highest BCUT2D eigenvalue weighted by Crippen LogP contribution is 2.37. The molecule has 120 valence electrons. The van der Waals surface area contributed by atoms with Gasteiger partial charge in [0.25, 0.3) is 0 Å². The van der Waals surface area contributed by atoms with E-state index in [-0.39, 0.29) is 5.04 Å². The minimum Gasteiger partial charge on any atom is -0.413 e. The highest BCUT2D eigenvalue weighted by Gasteiger charge is 2.37. The van der Waals surface area contributed by atoms with Crippen LogP contribution < -0.4 is 0 Å². The van der Waals surface area contributed by atoms with Crippen molar-refractivity contribution in [3.63, 3.8) is 0 Å². The second-order valence-electron chi connectivity index (χ2n) is 7.22. The molecule has 0 amide bonds. The Morgan fingerprint density at radius 2 is 1.91 bits per heavy atom. The van der Waals surface area contributed by atoms with Gasteiger partial charge in [-0.05, 0) is 52.8 Å². The van der Waals surface area contributed by atoms with Gasteiger partial charge in [0, 0.05) is 16.3 Å². The number of rotatable bonds is 5. The molecular weight excluding hydrogens is 328 g/mol. The van der Waals surface area contributed by atoms with Crippen LogP contribution in [0.1, 0.15) is 36.8 Å². The van der Waals surface area contributed by atoms with Crippen LogP contribution in [-0.2, 0) is 17.5 Å².